The lowest BCUT2D eigenvalue weighted by molar-refractivity contribution is 0.0845. The van der Waals surface area contributed by atoms with Crippen LogP contribution in [-0.4, -0.2) is 18.9 Å². The molecule has 2 aromatic carbocycles. The summed E-state index contributed by atoms with van der Waals surface area (Å²) in [5.74, 6) is 0.952. The Bertz CT molecular complexity index is 1080. The van der Waals surface area contributed by atoms with E-state index in [1.807, 2.05) is 18.2 Å². The zero-order valence-electron chi connectivity index (χ0n) is 16.7. The number of amides is 2. The van der Waals surface area contributed by atoms with Gasteiger partial charge in [-0.05, 0) is 44.2 Å². The van der Waals surface area contributed by atoms with Crippen molar-refractivity contribution in [2.75, 3.05) is 7.11 Å². The van der Waals surface area contributed by atoms with E-state index < -0.39 is 11.8 Å². The Kier molecular flexibility index (Phi) is 6.64. The van der Waals surface area contributed by atoms with Gasteiger partial charge in [0.15, 0.2) is 11.5 Å². The molecule has 0 atom stereocenters. The fourth-order valence-corrected chi connectivity index (χ4v) is 3.00. The van der Waals surface area contributed by atoms with Crippen molar-refractivity contribution in [3.05, 3.63) is 81.8 Å². The van der Waals surface area contributed by atoms with E-state index in [4.69, 9.17) is 25.5 Å². The molecule has 0 spiro atoms. The number of carbonyl (C=O) groups is 2. The number of hydrazine groups is 1. The molecule has 3 aromatic rings. The lowest BCUT2D eigenvalue weighted by Crippen LogP contribution is -2.41. The maximum atomic E-state index is 12.4. The first-order chi connectivity index (χ1) is 14.4. The Labute approximate surface area is 178 Å². The smallest absolute Gasteiger partial charge is 0.273 e. The summed E-state index contributed by atoms with van der Waals surface area (Å²) in [6, 6.07) is 13.7. The first-order valence-corrected chi connectivity index (χ1v) is 9.48. The predicted molar refractivity (Wildman–Crippen MR) is 112 cm³/mol. The van der Waals surface area contributed by atoms with Crippen LogP contribution in [0.3, 0.4) is 0 Å². The molecule has 156 valence electrons. The van der Waals surface area contributed by atoms with Crippen molar-refractivity contribution >= 4 is 23.4 Å². The Morgan fingerprint density at radius 1 is 1.00 bits per heavy atom. The highest BCUT2D eigenvalue weighted by molar-refractivity contribution is 6.31. The highest BCUT2D eigenvalue weighted by Gasteiger charge is 2.16. The number of halogens is 1. The number of aryl methyl sites for hydroxylation is 2. The van der Waals surface area contributed by atoms with E-state index in [1.165, 1.54) is 13.2 Å². The molecule has 1 heterocycles. The van der Waals surface area contributed by atoms with Gasteiger partial charge in [0.25, 0.3) is 11.8 Å². The van der Waals surface area contributed by atoms with Crippen LogP contribution < -0.4 is 20.3 Å². The second kappa shape index (κ2) is 9.37. The Hall–Kier alpha value is -3.45. The van der Waals surface area contributed by atoms with E-state index in [1.54, 1.807) is 38.1 Å². The lowest BCUT2D eigenvalue weighted by atomic mass is 10.2. The highest BCUT2D eigenvalue weighted by Crippen LogP contribution is 2.29. The minimum atomic E-state index is -0.503. The minimum Gasteiger partial charge on any atom is -0.493 e. The molecule has 0 radical (unpaired) electrons. The molecular formula is C22H21ClN2O5. The second-order valence-electron chi connectivity index (χ2n) is 6.48. The highest BCUT2D eigenvalue weighted by atomic mass is 35.5. The fraction of sp³-hybridized carbons (Fsp3) is 0.182. The number of hydrogen-bond acceptors (Lipinski definition) is 5. The van der Waals surface area contributed by atoms with Crippen LogP contribution in [0.4, 0.5) is 0 Å². The monoisotopic (exact) mass is 428 g/mol. The van der Waals surface area contributed by atoms with Crippen molar-refractivity contribution in [1.82, 2.24) is 10.9 Å². The molecule has 0 saturated carbocycles. The quantitative estimate of drug-likeness (QED) is 0.574. The van der Waals surface area contributed by atoms with Gasteiger partial charge in [-0.15, -0.1) is 0 Å². The van der Waals surface area contributed by atoms with Crippen molar-refractivity contribution < 1.29 is 23.5 Å². The van der Waals surface area contributed by atoms with Crippen LogP contribution in [0.25, 0.3) is 0 Å². The van der Waals surface area contributed by atoms with Gasteiger partial charge in [-0.3, -0.25) is 20.4 Å². The van der Waals surface area contributed by atoms with Gasteiger partial charge in [0.2, 0.25) is 0 Å². The van der Waals surface area contributed by atoms with E-state index >= 15 is 0 Å². The van der Waals surface area contributed by atoms with Crippen molar-refractivity contribution in [2.24, 2.45) is 0 Å². The van der Waals surface area contributed by atoms with Crippen LogP contribution in [0.2, 0.25) is 5.02 Å². The molecule has 0 aliphatic heterocycles. The summed E-state index contributed by atoms with van der Waals surface area (Å²) in [6.45, 7) is 3.67. The van der Waals surface area contributed by atoms with Crippen LogP contribution in [-0.2, 0) is 6.61 Å². The van der Waals surface area contributed by atoms with Crippen LogP contribution in [0, 0.1) is 13.8 Å². The molecule has 0 aliphatic carbocycles. The van der Waals surface area contributed by atoms with Gasteiger partial charge in [-0.2, -0.15) is 0 Å². The molecule has 30 heavy (non-hydrogen) atoms. The average Bonchev–Trinajstić information content (AvgIpc) is 3.09. The number of rotatable bonds is 6. The zero-order chi connectivity index (χ0) is 21.7. The predicted octanol–water partition coefficient (Wildman–Crippen LogP) is 4.21. The minimum absolute atomic E-state index is 0.251. The van der Waals surface area contributed by atoms with Gasteiger partial charge in [0, 0.05) is 16.1 Å². The van der Waals surface area contributed by atoms with E-state index in [0.717, 1.165) is 5.56 Å². The van der Waals surface area contributed by atoms with Crippen molar-refractivity contribution in [2.45, 2.75) is 20.5 Å². The molecule has 2 N–H and O–H groups in total. The molecule has 8 heteroatoms. The number of carbonyl (C=O) groups excluding carboxylic acids is 2. The van der Waals surface area contributed by atoms with Gasteiger partial charge < -0.3 is 13.9 Å². The number of ether oxygens (including phenoxy) is 2. The summed E-state index contributed by atoms with van der Waals surface area (Å²) < 4.78 is 16.4. The number of furan rings is 1. The van der Waals surface area contributed by atoms with Crippen LogP contribution in [0.15, 0.2) is 52.9 Å². The van der Waals surface area contributed by atoms with Crippen LogP contribution in [0.5, 0.6) is 11.5 Å². The largest absolute Gasteiger partial charge is 0.493 e. The maximum Gasteiger partial charge on any atom is 0.273 e. The van der Waals surface area contributed by atoms with E-state index in [2.05, 4.69) is 10.9 Å². The molecular weight excluding hydrogens is 408 g/mol. The van der Waals surface area contributed by atoms with Crippen molar-refractivity contribution in [3.8, 4) is 11.5 Å². The van der Waals surface area contributed by atoms with Gasteiger partial charge in [-0.1, -0.05) is 29.8 Å². The summed E-state index contributed by atoms with van der Waals surface area (Å²) in [6.07, 6.45) is 0. The molecule has 3 rings (SSSR count). The molecule has 0 bridgehead atoms. The fourth-order valence-electron chi connectivity index (χ4n) is 2.81. The van der Waals surface area contributed by atoms with Gasteiger partial charge in [-0.25, -0.2) is 0 Å². The molecule has 2 amide bonds. The van der Waals surface area contributed by atoms with Crippen molar-refractivity contribution in [3.63, 3.8) is 0 Å². The lowest BCUT2D eigenvalue weighted by Gasteiger charge is -2.13. The van der Waals surface area contributed by atoms with Crippen molar-refractivity contribution in [1.29, 1.82) is 0 Å². The number of benzene rings is 2. The Morgan fingerprint density at radius 3 is 2.40 bits per heavy atom. The SMILES string of the molecule is COc1cc(C(=O)NNC(=O)c2cc(C)oc2C)ccc1OCc1ccccc1Cl. The standard InChI is InChI=1S/C22H21ClN2O5/c1-13-10-17(14(2)30-13)22(27)25-24-21(26)15-8-9-19(20(11-15)28-3)29-12-16-6-4-5-7-18(16)23/h4-11H,12H2,1-3H3,(H,24,26)(H,25,27). The molecule has 0 saturated heterocycles. The maximum absolute atomic E-state index is 12.4. The third-order valence-electron chi connectivity index (χ3n) is 4.34. The summed E-state index contributed by atoms with van der Waals surface area (Å²) in [5.41, 5.74) is 6.22. The Balaban J connectivity index is 1.64. The third kappa shape index (κ3) is 4.93. The summed E-state index contributed by atoms with van der Waals surface area (Å²) >= 11 is 6.14. The molecule has 0 fully saturated rings. The van der Waals surface area contributed by atoms with E-state index in [0.29, 0.717) is 33.6 Å². The summed E-state index contributed by atoms with van der Waals surface area (Å²) in [7, 11) is 1.48. The summed E-state index contributed by atoms with van der Waals surface area (Å²) in [4.78, 5) is 24.6. The Morgan fingerprint density at radius 2 is 1.73 bits per heavy atom. The number of nitrogens with one attached hydrogen (secondary N) is 2. The number of hydrogen-bond donors (Lipinski definition) is 2. The van der Waals surface area contributed by atoms with Gasteiger partial charge >= 0.3 is 0 Å². The summed E-state index contributed by atoms with van der Waals surface area (Å²) in [5, 5.41) is 0.603. The average molecular weight is 429 g/mol. The zero-order valence-corrected chi connectivity index (χ0v) is 17.5. The third-order valence-corrected chi connectivity index (χ3v) is 4.71. The van der Waals surface area contributed by atoms with Crippen LogP contribution >= 0.6 is 11.6 Å². The van der Waals surface area contributed by atoms with Gasteiger partial charge in [0.05, 0.1) is 12.7 Å². The molecule has 0 aliphatic rings. The molecule has 0 unspecified atom stereocenters. The van der Waals surface area contributed by atoms with Gasteiger partial charge in [0.1, 0.15) is 18.1 Å². The normalized spacial score (nSPS) is 10.4. The molecule has 1 aromatic heterocycles. The van der Waals surface area contributed by atoms with E-state index in [9.17, 15) is 9.59 Å². The topological polar surface area (TPSA) is 89.8 Å². The molecule has 7 nitrogen and oxygen atoms in total. The first-order valence-electron chi connectivity index (χ1n) is 9.11. The first kappa shape index (κ1) is 21.3. The van der Waals surface area contributed by atoms with Crippen LogP contribution in [0.1, 0.15) is 37.8 Å². The van der Waals surface area contributed by atoms with E-state index in [-0.39, 0.29) is 12.2 Å². The second-order valence-corrected chi connectivity index (χ2v) is 6.89. The number of methoxy groups -OCH3 is 1.